The van der Waals surface area contributed by atoms with Crippen LogP contribution < -0.4 is 0 Å². The second kappa shape index (κ2) is 6.13. The van der Waals surface area contributed by atoms with Gasteiger partial charge in [-0.25, -0.2) is 0 Å². The van der Waals surface area contributed by atoms with Crippen molar-refractivity contribution in [3.05, 3.63) is 61.7 Å². The largest absolute Gasteiger partial charge is 0.506 e. The van der Waals surface area contributed by atoms with Gasteiger partial charge in [-0.1, -0.05) is 25.1 Å². The van der Waals surface area contributed by atoms with Crippen LogP contribution in [0.5, 0.6) is 5.75 Å². The zero-order valence-electron chi connectivity index (χ0n) is 12.6. The molecular weight excluding hydrogens is 424 g/mol. The van der Waals surface area contributed by atoms with Crippen LogP contribution in [0.3, 0.4) is 0 Å². The number of para-hydroxylation sites is 1. The van der Waals surface area contributed by atoms with Crippen LogP contribution in [0.15, 0.2) is 43.7 Å². The Morgan fingerprint density at radius 1 is 1.22 bits per heavy atom. The molecule has 0 bridgehead atoms. The summed E-state index contributed by atoms with van der Waals surface area (Å²) in [6, 6.07) is 9.04. The fraction of sp³-hybridized carbons (Fsp3) is 0.167. The number of aromatic hydroxyl groups is 1. The van der Waals surface area contributed by atoms with Crippen molar-refractivity contribution >= 4 is 48.6 Å². The van der Waals surface area contributed by atoms with Crippen molar-refractivity contribution in [3.63, 3.8) is 0 Å². The molecule has 0 saturated heterocycles. The van der Waals surface area contributed by atoms with Gasteiger partial charge >= 0.3 is 0 Å². The molecule has 0 saturated carbocycles. The maximum atomic E-state index is 13.0. The summed E-state index contributed by atoms with van der Waals surface area (Å²) in [4.78, 5) is 13.0. The summed E-state index contributed by atoms with van der Waals surface area (Å²) >= 11 is 6.54. The SMILES string of the molecule is CCc1oc2c(C)cccc2c1C(=O)c1cc(Br)c(O)c(Br)c1. The van der Waals surface area contributed by atoms with Crippen LogP contribution in [-0.2, 0) is 6.42 Å². The number of hydrogen-bond donors (Lipinski definition) is 1. The van der Waals surface area contributed by atoms with Crippen LogP contribution in [-0.4, -0.2) is 10.9 Å². The highest BCUT2D eigenvalue weighted by Crippen LogP contribution is 2.36. The number of fused-ring (bicyclic) bond motifs is 1. The zero-order chi connectivity index (χ0) is 16.7. The predicted molar refractivity (Wildman–Crippen MR) is 97.3 cm³/mol. The van der Waals surface area contributed by atoms with Crippen molar-refractivity contribution in [3.8, 4) is 5.75 Å². The van der Waals surface area contributed by atoms with E-state index in [0.717, 1.165) is 16.5 Å². The molecule has 0 spiro atoms. The number of ketones is 1. The predicted octanol–water partition coefficient (Wildman–Crippen LogP) is 5.77. The molecule has 0 unspecified atom stereocenters. The monoisotopic (exact) mass is 436 g/mol. The summed E-state index contributed by atoms with van der Waals surface area (Å²) in [5, 5.41) is 10.7. The Kier molecular flexibility index (Phi) is 4.34. The van der Waals surface area contributed by atoms with Crippen molar-refractivity contribution < 1.29 is 14.3 Å². The van der Waals surface area contributed by atoms with Crippen LogP contribution in [0.1, 0.15) is 34.2 Å². The van der Waals surface area contributed by atoms with E-state index in [9.17, 15) is 9.90 Å². The van der Waals surface area contributed by atoms with E-state index in [-0.39, 0.29) is 11.5 Å². The molecule has 0 fully saturated rings. The van der Waals surface area contributed by atoms with E-state index in [2.05, 4.69) is 31.9 Å². The van der Waals surface area contributed by atoms with Crippen molar-refractivity contribution in [1.29, 1.82) is 0 Å². The first-order valence-electron chi connectivity index (χ1n) is 7.17. The standard InChI is InChI=1S/C18H14Br2O3/c1-3-14-15(11-6-4-5-9(2)18(11)23-14)16(21)10-7-12(19)17(22)13(20)8-10/h4-8,22H,3H2,1-2H3. The first-order chi connectivity index (χ1) is 10.9. The molecule has 0 amide bonds. The Bertz CT molecular complexity index is 902. The summed E-state index contributed by atoms with van der Waals surface area (Å²) in [5.74, 6) is 0.636. The Morgan fingerprint density at radius 3 is 2.48 bits per heavy atom. The number of benzene rings is 2. The summed E-state index contributed by atoms with van der Waals surface area (Å²) in [6.45, 7) is 3.93. The van der Waals surface area contributed by atoms with Gasteiger partial charge in [-0.15, -0.1) is 0 Å². The lowest BCUT2D eigenvalue weighted by Gasteiger charge is -2.06. The lowest BCUT2D eigenvalue weighted by atomic mass is 9.98. The van der Waals surface area contributed by atoms with Crippen LogP contribution in [0, 0.1) is 6.92 Å². The first kappa shape index (κ1) is 16.3. The Balaban J connectivity index is 2.24. The lowest BCUT2D eigenvalue weighted by molar-refractivity contribution is 0.103. The van der Waals surface area contributed by atoms with E-state index in [1.807, 2.05) is 32.0 Å². The zero-order valence-corrected chi connectivity index (χ0v) is 15.8. The summed E-state index contributed by atoms with van der Waals surface area (Å²) in [6.07, 6.45) is 0.635. The van der Waals surface area contributed by atoms with Crippen LogP contribution in [0.4, 0.5) is 0 Å². The summed E-state index contributed by atoms with van der Waals surface area (Å²) < 4.78 is 6.85. The van der Waals surface area contributed by atoms with Gasteiger partial charge in [0.2, 0.25) is 0 Å². The third-order valence-corrected chi connectivity index (χ3v) is 5.02. The molecule has 0 aliphatic carbocycles. The summed E-state index contributed by atoms with van der Waals surface area (Å²) in [7, 11) is 0. The van der Waals surface area contributed by atoms with Gasteiger partial charge in [-0.05, 0) is 56.5 Å². The highest BCUT2D eigenvalue weighted by atomic mass is 79.9. The quantitative estimate of drug-likeness (QED) is 0.529. The maximum Gasteiger partial charge on any atom is 0.197 e. The van der Waals surface area contributed by atoms with E-state index in [0.29, 0.717) is 32.3 Å². The minimum absolute atomic E-state index is 0.0742. The van der Waals surface area contributed by atoms with Crippen molar-refractivity contribution in [1.82, 2.24) is 0 Å². The van der Waals surface area contributed by atoms with Crippen molar-refractivity contribution in [2.45, 2.75) is 20.3 Å². The fourth-order valence-electron chi connectivity index (χ4n) is 2.65. The van der Waals surface area contributed by atoms with E-state index >= 15 is 0 Å². The van der Waals surface area contributed by atoms with E-state index < -0.39 is 0 Å². The molecule has 1 aromatic heterocycles. The minimum Gasteiger partial charge on any atom is -0.506 e. The van der Waals surface area contributed by atoms with Gasteiger partial charge < -0.3 is 9.52 Å². The van der Waals surface area contributed by atoms with Gasteiger partial charge in [-0.3, -0.25) is 4.79 Å². The molecule has 23 heavy (non-hydrogen) atoms. The highest BCUT2D eigenvalue weighted by Gasteiger charge is 2.23. The van der Waals surface area contributed by atoms with E-state index in [1.165, 1.54) is 0 Å². The Hall–Kier alpha value is -1.59. The highest BCUT2D eigenvalue weighted by molar-refractivity contribution is 9.11. The third kappa shape index (κ3) is 2.72. The van der Waals surface area contributed by atoms with Crippen LogP contribution in [0.25, 0.3) is 11.0 Å². The molecule has 1 N–H and O–H groups in total. The number of halogens is 2. The normalized spacial score (nSPS) is 11.1. The first-order valence-corrected chi connectivity index (χ1v) is 8.76. The lowest BCUT2D eigenvalue weighted by Crippen LogP contribution is -2.03. The third-order valence-electron chi connectivity index (χ3n) is 3.81. The molecule has 2 aromatic carbocycles. The molecule has 3 nitrogen and oxygen atoms in total. The van der Waals surface area contributed by atoms with Gasteiger partial charge in [0.05, 0.1) is 14.5 Å². The fourth-order valence-corrected chi connectivity index (χ4v) is 3.83. The smallest absolute Gasteiger partial charge is 0.197 e. The molecule has 1 heterocycles. The molecule has 3 aromatic rings. The number of furan rings is 1. The molecule has 0 aliphatic rings. The van der Waals surface area contributed by atoms with E-state index in [4.69, 9.17) is 4.42 Å². The number of phenols is 1. The summed E-state index contributed by atoms with van der Waals surface area (Å²) in [5.41, 5.74) is 2.84. The minimum atomic E-state index is -0.118. The molecule has 3 rings (SSSR count). The van der Waals surface area contributed by atoms with Crippen LogP contribution >= 0.6 is 31.9 Å². The van der Waals surface area contributed by atoms with Gasteiger partial charge in [0.15, 0.2) is 5.78 Å². The Labute approximate surface area is 150 Å². The van der Waals surface area contributed by atoms with Gasteiger partial charge in [0.1, 0.15) is 17.1 Å². The second-order valence-corrected chi connectivity index (χ2v) is 7.03. The number of hydrogen-bond acceptors (Lipinski definition) is 3. The number of aryl methyl sites for hydroxylation is 2. The number of rotatable bonds is 3. The average Bonchev–Trinajstić information content (AvgIpc) is 2.91. The molecule has 0 atom stereocenters. The number of phenolic OH excluding ortho intramolecular Hbond substituents is 1. The van der Waals surface area contributed by atoms with Crippen LogP contribution in [0.2, 0.25) is 0 Å². The molecule has 118 valence electrons. The van der Waals surface area contributed by atoms with E-state index in [1.54, 1.807) is 12.1 Å². The Morgan fingerprint density at radius 2 is 1.87 bits per heavy atom. The number of carbonyl (C=O) groups excluding carboxylic acids is 1. The number of carbonyl (C=O) groups is 1. The molecular formula is C18H14Br2O3. The molecule has 0 aliphatic heterocycles. The topological polar surface area (TPSA) is 50.4 Å². The van der Waals surface area contributed by atoms with Crippen molar-refractivity contribution in [2.24, 2.45) is 0 Å². The van der Waals surface area contributed by atoms with Gasteiger partial charge in [0, 0.05) is 17.4 Å². The average molecular weight is 438 g/mol. The molecule has 0 radical (unpaired) electrons. The van der Waals surface area contributed by atoms with Gasteiger partial charge in [0.25, 0.3) is 0 Å². The molecule has 5 heteroatoms. The maximum absolute atomic E-state index is 13.0. The second-order valence-electron chi connectivity index (χ2n) is 5.32. The van der Waals surface area contributed by atoms with Crippen molar-refractivity contribution in [2.75, 3.05) is 0 Å². The van der Waals surface area contributed by atoms with Gasteiger partial charge in [-0.2, -0.15) is 0 Å².